The molecule has 176 valence electrons. The molecule has 10 heteroatoms. The summed E-state index contributed by atoms with van der Waals surface area (Å²) >= 11 is 1.25. The van der Waals surface area contributed by atoms with E-state index >= 15 is 0 Å². The maximum absolute atomic E-state index is 13.4. The Morgan fingerprint density at radius 2 is 1.82 bits per heavy atom. The lowest BCUT2D eigenvalue weighted by atomic mass is 10.1. The van der Waals surface area contributed by atoms with Crippen molar-refractivity contribution in [2.75, 3.05) is 36.5 Å². The van der Waals surface area contributed by atoms with Gasteiger partial charge in [-0.3, -0.25) is 4.79 Å². The van der Waals surface area contributed by atoms with Crippen LogP contribution in [0.5, 0.6) is 0 Å². The van der Waals surface area contributed by atoms with Gasteiger partial charge in [0.15, 0.2) is 0 Å². The number of nitrogens with one attached hydrogen (secondary N) is 1. The van der Waals surface area contributed by atoms with Crippen molar-refractivity contribution >= 4 is 38.8 Å². The van der Waals surface area contributed by atoms with E-state index in [9.17, 15) is 18.0 Å². The van der Waals surface area contributed by atoms with E-state index in [0.717, 1.165) is 33.7 Å². The molecule has 34 heavy (non-hydrogen) atoms. The van der Waals surface area contributed by atoms with Crippen molar-refractivity contribution in [1.82, 2.24) is 9.78 Å². The van der Waals surface area contributed by atoms with E-state index in [2.05, 4.69) is 10.4 Å². The van der Waals surface area contributed by atoms with Gasteiger partial charge < -0.3 is 15.0 Å². The molecule has 3 heterocycles. The molecule has 1 amide bonds. The Labute approximate surface area is 197 Å². The molecular weight excluding hydrogens is 465 g/mol. The van der Waals surface area contributed by atoms with Gasteiger partial charge in [0.25, 0.3) is 5.91 Å². The molecule has 1 aliphatic rings. The minimum Gasteiger partial charge on any atom is -0.378 e. The van der Waals surface area contributed by atoms with Gasteiger partial charge in [0.2, 0.25) is 0 Å². The van der Waals surface area contributed by atoms with Gasteiger partial charge in [-0.05, 0) is 43.3 Å². The zero-order valence-corrected chi connectivity index (χ0v) is 19.0. The number of ether oxygens (including phenoxy) is 1. The summed E-state index contributed by atoms with van der Waals surface area (Å²) in [4.78, 5) is 16.3. The number of carbonyl (C=O) groups excluding carboxylic acids is 1. The maximum Gasteiger partial charge on any atom is 0.416 e. The Morgan fingerprint density at radius 3 is 2.53 bits per heavy atom. The highest BCUT2D eigenvalue weighted by Gasteiger charge is 2.32. The van der Waals surface area contributed by atoms with Crippen molar-refractivity contribution in [2.45, 2.75) is 13.1 Å². The number of nitrogens with zero attached hydrogens (tertiary/aromatic N) is 3. The highest BCUT2D eigenvalue weighted by atomic mass is 32.1. The minimum absolute atomic E-state index is 0.126. The second-order valence-electron chi connectivity index (χ2n) is 7.95. The van der Waals surface area contributed by atoms with Crippen LogP contribution in [0.1, 0.15) is 20.9 Å². The number of carbonyl (C=O) groups is 1. The summed E-state index contributed by atoms with van der Waals surface area (Å²) in [6.45, 7) is 3.87. The Hall–Kier alpha value is -3.37. The number of halogens is 3. The number of fused-ring (bicyclic) bond motifs is 1. The summed E-state index contributed by atoms with van der Waals surface area (Å²) in [5.74, 6) is -0.464. The highest BCUT2D eigenvalue weighted by molar-refractivity contribution is 7.20. The number of benzene rings is 2. The van der Waals surface area contributed by atoms with Crippen molar-refractivity contribution < 1.29 is 22.7 Å². The molecule has 1 saturated heterocycles. The van der Waals surface area contributed by atoms with Crippen molar-refractivity contribution in [3.05, 3.63) is 70.7 Å². The van der Waals surface area contributed by atoms with E-state index in [1.54, 1.807) is 10.7 Å². The van der Waals surface area contributed by atoms with Crippen molar-refractivity contribution in [1.29, 1.82) is 0 Å². The number of anilines is 2. The number of hydrogen-bond donors (Lipinski definition) is 1. The molecule has 0 spiro atoms. The summed E-state index contributed by atoms with van der Waals surface area (Å²) in [6, 6.07) is 14.7. The Morgan fingerprint density at radius 1 is 1.09 bits per heavy atom. The molecule has 5 rings (SSSR count). The normalized spacial score (nSPS) is 14.5. The number of alkyl halides is 3. The smallest absolute Gasteiger partial charge is 0.378 e. The third-order valence-corrected chi connectivity index (χ3v) is 6.80. The molecule has 1 N–H and O–H groups in total. The fourth-order valence-corrected chi connectivity index (χ4v) is 5.06. The second kappa shape index (κ2) is 8.77. The molecule has 0 bridgehead atoms. The third-order valence-electron chi connectivity index (χ3n) is 5.69. The van der Waals surface area contributed by atoms with Crippen LogP contribution in [-0.4, -0.2) is 42.0 Å². The molecule has 0 atom stereocenters. The molecule has 4 aromatic rings. The van der Waals surface area contributed by atoms with Crippen molar-refractivity contribution in [3.63, 3.8) is 0 Å². The van der Waals surface area contributed by atoms with Crippen molar-refractivity contribution in [2.24, 2.45) is 0 Å². The van der Waals surface area contributed by atoms with Crippen LogP contribution in [0.25, 0.3) is 15.9 Å². The topological polar surface area (TPSA) is 59.4 Å². The van der Waals surface area contributed by atoms with E-state index in [-0.39, 0.29) is 5.69 Å². The summed E-state index contributed by atoms with van der Waals surface area (Å²) in [5.41, 5.74) is 1.48. The van der Waals surface area contributed by atoms with Gasteiger partial charge in [-0.1, -0.05) is 18.2 Å². The first-order valence-electron chi connectivity index (χ1n) is 10.7. The fraction of sp³-hybridized carbons (Fsp3) is 0.250. The van der Waals surface area contributed by atoms with Crippen LogP contribution in [0, 0.1) is 6.92 Å². The molecule has 2 aromatic carbocycles. The molecule has 1 aliphatic heterocycles. The maximum atomic E-state index is 13.4. The third kappa shape index (κ3) is 4.26. The number of rotatable bonds is 4. The van der Waals surface area contributed by atoms with E-state index in [1.165, 1.54) is 17.4 Å². The standard InChI is InChI=1S/C24H21F3N4O2S/c1-15-18-14-21(34-23(18)31(29-15)17-5-3-2-4-6-17)22(32)28-19-13-16(24(25,26)27)7-8-20(19)30-9-11-33-12-10-30/h2-8,13-14H,9-12H2,1H3,(H,28,32). The van der Waals surface area contributed by atoms with Crippen LogP contribution in [-0.2, 0) is 10.9 Å². The van der Waals surface area contributed by atoms with Crippen molar-refractivity contribution in [3.8, 4) is 5.69 Å². The summed E-state index contributed by atoms with van der Waals surface area (Å²) in [5, 5.41) is 8.13. The number of thiophene rings is 1. The average Bonchev–Trinajstić information content (AvgIpc) is 3.40. The van der Waals surface area contributed by atoms with Crippen LogP contribution in [0.2, 0.25) is 0 Å². The highest BCUT2D eigenvalue weighted by Crippen LogP contribution is 2.37. The van der Waals surface area contributed by atoms with Crippen LogP contribution < -0.4 is 10.2 Å². The molecule has 2 aromatic heterocycles. The minimum atomic E-state index is -4.52. The second-order valence-corrected chi connectivity index (χ2v) is 8.98. The van der Waals surface area contributed by atoms with Crippen LogP contribution in [0.3, 0.4) is 0 Å². The molecule has 0 saturated carbocycles. The number of morpholine rings is 1. The molecular formula is C24H21F3N4O2S. The zero-order valence-electron chi connectivity index (χ0n) is 18.2. The predicted octanol–water partition coefficient (Wildman–Crippen LogP) is 5.50. The Bertz CT molecular complexity index is 1340. The monoisotopic (exact) mass is 486 g/mol. The van der Waals surface area contributed by atoms with Gasteiger partial charge >= 0.3 is 6.18 Å². The lowest BCUT2D eigenvalue weighted by molar-refractivity contribution is -0.137. The number of aromatic nitrogens is 2. The largest absolute Gasteiger partial charge is 0.416 e. The van der Waals surface area contributed by atoms with Gasteiger partial charge in [0, 0.05) is 18.5 Å². The Kier molecular flexibility index (Phi) is 5.78. The fourth-order valence-electron chi connectivity index (χ4n) is 3.98. The molecule has 6 nitrogen and oxygen atoms in total. The predicted molar refractivity (Wildman–Crippen MR) is 126 cm³/mol. The van der Waals surface area contributed by atoms with Gasteiger partial charge in [-0.2, -0.15) is 18.3 Å². The zero-order chi connectivity index (χ0) is 23.9. The molecule has 0 unspecified atom stereocenters. The molecule has 1 fully saturated rings. The average molecular weight is 487 g/mol. The van der Waals surface area contributed by atoms with Crippen LogP contribution >= 0.6 is 11.3 Å². The lowest BCUT2D eigenvalue weighted by Gasteiger charge is -2.31. The van der Waals surface area contributed by atoms with E-state index in [0.29, 0.717) is 36.9 Å². The van der Waals surface area contributed by atoms with Crippen LogP contribution in [0.4, 0.5) is 24.5 Å². The number of para-hydroxylation sites is 1. The van der Waals surface area contributed by atoms with Gasteiger partial charge in [0.1, 0.15) is 4.83 Å². The Balaban J connectivity index is 1.50. The van der Waals surface area contributed by atoms with Gasteiger partial charge in [0.05, 0.1) is 46.4 Å². The first kappa shape index (κ1) is 22.4. The number of aryl methyl sites for hydroxylation is 1. The van der Waals surface area contributed by atoms with Gasteiger partial charge in [-0.15, -0.1) is 11.3 Å². The lowest BCUT2D eigenvalue weighted by Crippen LogP contribution is -2.36. The number of amides is 1. The quantitative estimate of drug-likeness (QED) is 0.414. The van der Waals surface area contributed by atoms with Crippen LogP contribution in [0.15, 0.2) is 54.6 Å². The summed E-state index contributed by atoms with van der Waals surface area (Å²) < 4.78 is 47.3. The summed E-state index contributed by atoms with van der Waals surface area (Å²) in [6.07, 6.45) is -4.52. The van der Waals surface area contributed by atoms with E-state index in [1.807, 2.05) is 42.2 Å². The van der Waals surface area contributed by atoms with E-state index < -0.39 is 17.6 Å². The summed E-state index contributed by atoms with van der Waals surface area (Å²) in [7, 11) is 0. The first-order chi connectivity index (χ1) is 16.3. The number of hydrogen-bond acceptors (Lipinski definition) is 5. The van der Waals surface area contributed by atoms with Gasteiger partial charge in [-0.25, -0.2) is 4.68 Å². The first-order valence-corrected chi connectivity index (χ1v) is 11.5. The molecule has 0 radical (unpaired) electrons. The van der Waals surface area contributed by atoms with E-state index in [4.69, 9.17) is 4.74 Å². The molecule has 0 aliphatic carbocycles. The SMILES string of the molecule is Cc1nn(-c2ccccc2)c2sc(C(=O)Nc3cc(C(F)(F)F)ccc3N3CCOCC3)cc12.